The van der Waals surface area contributed by atoms with Gasteiger partial charge in [0.15, 0.2) is 5.65 Å². The van der Waals surface area contributed by atoms with Crippen molar-refractivity contribution in [2.75, 3.05) is 5.32 Å². The summed E-state index contributed by atoms with van der Waals surface area (Å²) < 4.78 is 1.80. The lowest BCUT2D eigenvalue weighted by Crippen LogP contribution is -2.00. The molecule has 7 nitrogen and oxygen atoms in total. The highest BCUT2D eigenvalue weighted by molar-refractivity contribution is 5.89. The van der Waals surface area contributed by atoms with E-state index < -0.39 is 0 Å². The molecule has 130 valence electrons. The number of halogens is 2. The fourth-order valence-electron chi connectivity index (χ4n) is 2.56. The van der Waals surface area contributed by atoms with Crippen molar-refractivity contribution in [1.82, 2.24) is 29.9 Å². The molecular weight excluding hydrogens is 361 g/mol. The van der Waals surface area contributed by atoms with Crippen LogP contribution in [0, 0.1) is 13.8 Å². The quantitative estimate of drug-likeness (QED) is 0.567. The summed E-state index contributed by atoms with van der Waals surface area (Å²) in [5.74, 6) is 0.713. The number of rotatable bonds is 3. The van der Waals surface area contributed by atoms with Crippen molar-refractivity contribution in [2.24, 2.45) is 0 Å². The Kier molecular flexibility index (Phi) is 5.61. The number of nitrogens with one attached hydrogen (secondary N) is 2. The van der Waals surface area contributed by atoms with Gasteiger partial charge >= 0.3 is 0 Å². The van der Waals surface area contributed by atoms with Crippen LogP contribution in [0.2, 0.25) is 0 Å². The van der Waals surface area contributed by atoms with Gasteiger partial charge < -0.3 is 5.32 Å². The smallest absolute Gasteiger partial charge is 0.168 e. The molecule has 0 saturated heterocycles. The van der Waals surface area contributed by atoms with Crippen molar-refractivity contribution in [3.8, 4) is 5.69 Å². The molecule has 0 amide bonds. The van der Waals surface area contributed by atoms with E-state index in [0.29, 0.717) is 5.82 Å². The van der Waals surface area contributed by atoms with Gasteiger partial charge in [0, 0.05) is 0 Å². The van der Waals surface area contributed by atoms with Gasteiger partial charge in [0.25, 0.3) is 0 Å². The molecule has 0 aliphatic heterocycles. The molecule has 0 unspecified atom stereocenters. The molecule has 25 heavy (non-hydrogen) atoms. The molecule has 0 fully saturated rings. The minimum absolute atomic E-state index is 0. The van der Waals surface area contributed by atoms with Gasteiger partial charge in [-0.1, -0.05) is 18.2 Å². The van der Waals surface area contributed by atoms with E-state index in [1.807, 2.05) is 44.2 Å². The standard InChI is InChI=1S/C16H15N7.2ClH/c1-10-14(11(2)22-21-10)20-15-13-8-19-23(16(13)18-9-17-15)12-6-4-3-5-7-12;;/h3-9H,1-2H3,(H,21,22)(H,17,18,20);2*1H. The predicted octanol–water partition coefficient (Wildman–Crippen LogP) is 3.74. The zero-order valence-corrected chi connectivity index (χ0v) is 15.2. The molecule has 2 N–H and O–H groups in total. The first kappa shape index (κ1) is 18.7. The largest absolute Gasteiger partial charge is 0.337 e. The molecule has 0 aliphatic rings. The van der Waals surface area contributed by atoms with Gasteiger partial charge in [-0.2, -0.15) is 10.2 Å². The Bertz CT molecular complexity index is 959. The van der Waals surface area contributed by atoms with Crippen molar-refractivity contribution in [3.63, 3.8) is 0 Å². The monoisotopic (exact) mass is 377 g/mol. The lowest BCUT2D eigenvalue weighted by atomic mass is 10.3. The molecular formula is C16H17Cl2N7. The summed E-state index contributed by atoms with van der Waals surface area (Å²) in [5.41, 5.74) is 4.50. The number of fused-ring (bicyclic) bond motifs is 1. The van der Waals surface area contributed by atoms with Crippen LogP contribution < -0.4 is 5.32 Å². The van der Waals surface area contributed by atoms with E-state index in [-0.39, 0.29) is 24.8 Å². The average Bonchev–Trinajstić information content (AvgIpc) is 3.15. The summed E-state index contributed by atoms with van der Waals surface area (Å²) in [6, 6.07) is 9.91. The molecule has 4 aromatic rings. The zero-order valence-electron chi connectivity index (χ0n) is 13.6. The predicted molar refractivity (Wildman–Crippen MR) is 103 cm³/mol. The van der Waals surface area contributed by atoms with Gasteiger partial charge in [-0.25, -0.2) is 14.6 Å². The third-order valence-corrected chi connectivity index (χ3v) is 3.74. The van der Waals surface area contributed by atoms with Gasteiger partial charge in [0.2, 0.25) is 0 Å². The van der Waals surface area contributed by atoms with Crippen molar-refractivity contribution in [1.29, 1.82) is 0 Å². The number of H-pyrrole nitrogens is 1. The average molecular weight is 378 g/mol. The molecule has 3 aromatic heterocycles. The topological polar surface area (TPSA) is 84.3 Å². The second-order valence-corrected chi connectivity index (χ2v) is 5.29. The highest BCUT2D eigenvalue weighted by atomic mass is 35.5. The number of aromatic amines is 1. The van der Waals surface area contributed by atoms with Crippen LogP contribution in [-0.2, 0) is 0 Å². The Labute approximate surface area is 156 Å². The number of nitrogens with zero attached hydrogens (tertiary/aromatic N) is 5. The number of aromatic nitrogens is 6. The summed E-state index contributed by atoms with van der Waals surface area (Å²) in [6.07, 6.45) is 3.31. The highest BCUT2D eigenvalue weighted by Gasteiger charge is 2.13. The fourth-order valence-corrected chi connectivity index (χ4v) is 2.56. The van der Waals surface area contributed by atoms with Crippen molar-refractivity contribution in [2.45, 2.75) is 13.8 Å². The minimum atomic E-state index is 0. The Morgan fingerprint density at radius 2 is 1.80 bits per heavy atom. The van der Waals surface area contributed by atoms with Crippen LogP contribution in [-0.4, -0.2) is 29.9 Å². The third-order valence-electron chi connectivity index (χ3n) is 3.74. The lowest BCUT2D eigenvalue weighted by Gasteiger charge is -2.07. The van der Waals surface area contributed by atoms with Crippen LogP contribution in [0.15, 0.2) is 42.9 Å². The van der Waals surface area contributed by atoms with E-state index in [1.165, 1.54) is 6.33 Å². The highest BCUT2D eigenvalue weighted by Crippen LogP contribution is 2.26. The van der Waals surface area contributed by atoms with Gasteiger partial charge in [0.05, 0.1) is 34.3 Å². The molecule has 4 rings (SSSR count). The first-order chi connectivity index (χ1) is 11.2. The third kappa shape index (κ3) is 3.29. The molecule has 0 radical (unpaired) electrons. The number of hydrogen-bond acceptors (Lipinski definition) is 5. The minimum Gasteiger partial charge on any atom is -0.337 e. The van der Waals surface area contributed by atoms with Gasteiger partial charge in [-0.3, -0.25) is 5.10 Å². The molecule has 1 aromatic carbocycles. The molecule has 0 spiro atoms. The summed E-state index contributed by atoms with van der Waals surface area (Å²) >= 11 is 0. The fraction of sp³-hybridized carbons (Fsp3) is 0.125. The second kappa shape index (κ2) is 7.50. The molecule has 9 heteroatoms. The van der Waals surface area contributed by atoms with E-state index >= 15 is 0 Å². The Hall–Kier alpha value is -2.64. The Balaban J connectivity index is 0.00000113. The number of hydrogen-bond donors (Lipinski definition) is 2. The Morgan fingerprint density at radius 3 is 2.48 bits per heavy atom. The van der Waals surface area contributed by atoms with E-state index in [4.69, 9.17) is 0 Å². The maximum atomic E-state index is 4.45. The first-order valence-corrected chi connectivity index (χ1v) is 7.27. The van der Waals surface area contributed by atoms with E-state index in [9.17, 15) is 0 Å². The first-order valence-electron chi connectivity index (χ1n) is 7.27. The maximum absolute atomic E-state index is 4.45. The van der Waals surface area contributed by atoms with Gasteiger partial charge in [-0.05, 0) is 26.0 Å². The van der Waals surface area contributed by atoms with Crippen LogP contribution >= 0.6 is 24.8 Å². The van der Waals surface area contributed by atoms with Gasteiger partial charge in [-0.15, -0.1) is 24.8 Å². The van der Waals surface area contributed by atoms with Crippen molar-refractivity contribution < 1.29 is 0 Å². The maximum Gasteiger partial charge on any atom is 0.168 e. The SMILES string of the molecule is Cc1n[nH]c(C)c1Nc1ncnc2c1cnn2-c1ccccc1.Cl.Cl. The molecule has 3 heterocycles. The molecule has 0 saturated carbocycles. The number of benzene rings is 1. The summed E-state index contributed by atoms with van der Waals surface area (Å²) in [6.45, 7) is 3.91. The number of aryl methyl sites for hydroxylation is 2. The van der Waals surface area contributed by atoms with E-state index in [1.54, 1.807) is 10.9 Å². The molecule has 0 atom stereocenters. The zero-order chi connectivity index (χ0) is 15.8. The number of anilines is 2. The van der Waals surface area contributed by atoms with E-state index in [0.717, 1.165) is 33.8 Å². The second-order valence-electron chi connectivity index (χ2n) is 5.29. The molecule has 0 bridgehead atoms. The number of para-hydroxylation sites is 1. The van der Waals surface area contributed by atoms with Crippen LogP contribution in [0.3, 0.4) is 0 Å². The summed E-state index contributed by atoms with van der Waals surface area (Å²) in [5, 5.41) is 15.8. The summed E-state index contributed by atoms with van der Waals surface area (Å²) in [4.78, 5) is 8.73. The van der Waals surface area contributed by atoms with E-state index in [2.05, 4.69) is 30.6 Å². The van der Waals surface area contributed by atoms with Gasteiger partial charge in [0.1, 0.15) is 12.1 Å². The van der Waals surface area contributed by atoms with Crippen LogP contribution in [0.25, 0.3) is 16.7 Å². The van der Waals surface area contributed by atoms with Crippen LogP contribution in [0.5, 0.6) is 0 Å². The van der Waals surface area contributed by atoms with Crippen LogP contribution in [0.1, 0.15) is 11.4 Å². The normalized spacial score (nSPS) is 10.2. The lowest BCUT2D eigenvalue weighted by molar-refractivity contribution is 0.895. The van der Waals surface area contributed by atoms with Crippen LogP contribution in [0.4, 0.5) is 11.5 Å². The Morgan fingerprint density at radius 1 is 1.04 bits per heavy atom. The summed E-state index contributed by atoms with van der Waals surface area (Å²) in [7, 11) is 0. The molecule has 0 aliphatic carbocycles. The van der Waals surface area contributed by atoms with Crippen molar-refractivity contribution in [3.05, 3.63) is 54.2 Å². The van der Waals surface area contributed by atoms with Crippen molar-refractivity contribution >= 4 is 47.4 Å².